The van der Waals surface area contributed by atoms with Gasteiger partial charge in [-0.2, -0.15) is 0 Å². The van der Waals surface area contributed by atoms with E-state index in [1.54, 1.807) is 43.8 Å². The topological polar surface area (TPSA) is 81.5 Å². The number of ketones is 1. The third-order valence-electron chi connectivity index (χ3n) is 5.64. The molecule has 0 spiro atoms. The molecule has 0 saturated heterocycles. The number of rotatable bonds is 9. The first-order chi connectivity index (χ1) is 16.3. The Bertz CT molecular complexity index is 1190. The first-order valence-corrected chi connectivity index (χ1v) is 11.1. The van der Waals surface area contributed by atoms with Crippen LogP contribution in [0.4, 0.5) is 4.39 Å². The van der Waals surface area contributed by atoms with Gasteiger partial charge in [0.05, 0.1) is 13.2 Å². The van der Waals surface area contributed by atoms with E-state index in [4.69, 9.17) is 4.74 Å². The van der Waals surface area contributed by atoms with E-state index in [0.29, 0.717) is 29.1 Å². The van der Waals surface area contributed by atoms with Gasteiger partial charge in [0.25, 0.3) is 5.91 Å². The van der Waals surface area contributed by atoms with Crippen molar-refractivity contribution in [3.63, 3.8) is 0 Å². The van der Waals surface area contributed by atoms with Crippen LogP contribution in [0.25, 0.3) is 0 Å². The minimum Gasteiger partial charge on any atom is -0.461 e. The number of ether oxygens (including phenoxy) is 1. The summed E-state index contributed by atoms with van der Waals surface area (Å²) in [5, 5.41) is 0. The normalized spacial score (nSPS) is 10.7. The molecule has 3 rings (SSSR count). The fourth-order valence-corrected chi connectivity index (χ4v) is 4.10. The molecule has 0 bridgehead atoms. The second-order valence-electron chi connectivity index (χ2n) is 7.85. The molecule has 0 N–H and O–H groups in total. The van der Waals surface area contributed by atoms with Crippen molar-refractivity contribution < 1.29 is 23.5 Å². The number of esters is 1. The van der Waals surface area contributed by atoms with Crippen LogP contribution in [0.5, 0.6) is 0 Å². The van der Waals surface area contributed by atoms with Crippen molar-refractivity contribution in [1.82, 2.24) is 14.5 Å². The van der Waals surface area contributed by atoms with E-state index in [1.165, 1.54) is 29.2 Å². The van der Waals surface area contributed by atoms with Gasteiger partial charge in [0, 0.05) is 42.3 Å². The highest BCUT2D eigenvalue weighted by molar-refractivity contribution is 6.06. The van der Waals surface area contributed by atoms with E-state index in [2.05, 4.69) is 4.98 Å². The second-order valence-corrected chi connectivity index (χ2v) is 7.85. The zero-order valence-electron chi connectivity index (χ0n) is 19.8. The van der Waals surface area contributed by atoms with E-state index in [1.807, 2.05) is 13.0 Å². The lowest BCUT2D eigenvalue weighted by Gasteiger charge is -2.22. The maximum atomic E-state index is 13.5. The predicted octanol–water partition coefficient (Wildman–Crippen LogP) is 4.36. The molecular weight excluding hydrogens is 437 g/mol. The fraction of sp³-hybridized carbons (Fsp3) is 0.308. The molecule has 0 unspecified atom stereocenters. The minimum atomic E-state index is -0.487. The van der Waals surface area contributed by atoms with Gasteiger partial charge in [-0.3, -0.25) is 14.6 Å². The Morgan fingerprint density at radius 3 is 2.38 bits per heavy atom. The number of halogens is 1. The average Bonchev–Trinajstić information content (AvgIpc) is 3.08. The van der Waals surface area contributed by atoms with E-state index >= 15 is 0 Å². The van der Waals surface area contributed by atoms with E-state index in [0.717, 1.165) is 5.56 Å². The molecule has 8 heteroatoms. The Balaban J connectivity index is 1.97. The largest absolute Gasteiger partial charge is 0.461 e. The van der Waals surface area contributed by atoms with Gasteiger partial charge < -0.3 is 14.2 Å². The molecule has 34 heavy (non-hydrogen) atoms. The molecule has 1 aromatic carbocycles. The summed E-state index contributed by atoms with van der Waals surface area (Å²) in [6, 6.07) is 8.75. The van der Waals surface area contributed by atoms with Crippen LogP contribution in [0.1, 0.15) is 61.9 Å². The Hall–Kier alpha value is -3.81. The molecule has 2 heterocycles. The highest BCUT2D eigenvalue weighted by Gasteiger charge is 2.28. The lowest BCUT2D eigenvalue weighted by molar-refractivity contribution is 0.0512. The summed E-state index contributed by atoms with van der Waals surface area (Å²) in [5.41, 5.74) is 2.92. The van der Waals surface area contributed by atoms with Crippen molar-refractivity contribution in [2.45, 2.75) is 40.8 Å². The molecule has 0 radical (unpaired) electrons. The minimum absolute atomic E-state index is 0.146. The second kappa shape index (κ2) is 10.9. The number of pyridine rings is 1. The molecule has 0 fully saturated rings. The molecule has 0 aliphatic carbocycles. The van der Waals surface area contributed by atoms with E-state index < -0.39 is 17.7 Å². The molecule has 3 aromatic rings. The van der Waals surface area contributed by atoms with E-state index in [-0.39, 0.29) is 31.0 Å². The molecule has 0 atom stereocenters. The average molecular weight is 466 g/mol. The van der Waals surface area contributed by atoms with Gasteiger partial charge in [0.1, 0.15) is 11.5 Å². The van der Waals surface area contributed by atoms with Crippen LogP contribution in [0.2, 0.25) is 0 Å². The quantitative estimate of drug-likeness (QED) is 0.346. The van der Waals surface area contributed by atoms with Gasteiger partial charge in [-0.05, 0) is 69.2 Å². The number of carbonyl (C=O) groups is 3. The van der Waals surface area contributed by atoms with Crippen LogP contribution in [0.3, 0.4) is 0 Å². The van der Waals surface area contributed by atoms with Gasteiger partial charge in [-0.1, -0.05) is 6.07 Å². The van der Waals surface area contributed by atoms with Crippen LogP contribution >= 0.6 is 0 Å². The Morgan fingerprint density at radius 2 is 1.79 bits per heavy atom. The lowest BCUT2D eigenvalue weighted by atomic mass is 10.0. The summed E-state index contributed by atoms with van der Waals surface area (Å²) in [4.78, 5) is 44.8. The zero-order valence-corrected chi connectivity index (χ0v) is 19.8. The maximum Gasteiger partial charge on any atom is 0.355 e. The fourth-order valence-electron chi connectivity index (χ4n) is 4.10. The summed E-state index contributed by atoms with van der Waals surface area (Å²) in [6.07, 6.45) is 3.25. The third-order valence-corrected chi connectivity index (χ3v) is 5.64. The number of aromatic nitrogens is 2. The number of carbonyl (C=O) groups excluding carboxylic acids is 3. The first kappa shape index (κ1) is 24.8. The number of benzene rings is 1. The standard InChI is InChI=1S/C26H28FN3O4/c1-5-30-18(4)23(17(3)24(30)26(33)34-6-2)22(31)16-29(15-19-8-7-13-28-14-19)25(32)20-9-11-21(27)12-10-20/h7-14H,5-6,15-16H2,1-4H3. The zero-order chi connectivity index (χ0) is 24.8. The van der Waals surface area contributed by atoms with Crippen molar-refractivity contribution >= 4 is 17.7 Å². The molecule has 1 amide bonds. The van der Waals surface area contributed by atoms with Gasteiger partial charge in [0.15, 0.2) is 5.78 Å². The van der Waals surface area contributed by atoms with Crippen molar-refractivity contribution in [3.05, 3.63) is 88.3 Å². The van der Waals surface area contributed by atoms with Crippen molar-refractivity contribution in [2.24, 2.45) is 0 Å². The van der Waals surface area contributed by atoms with Crippen LogP contribution in [-0.4, -0.2) is 45.3 Å². The van der Waals surface area contributed by atoms with Gasteiger partial charge in [-0.25, -0.2) is 9.18 Å². The van der Waals surface area contributed by atoms with Crippen LogP contribution in [-0.2, 0) is 17.8 Å². The SMILES string of the molecule is CCOC(=O)c1c(C)c(C(=O)CN(Cc2cccnc2)C(=O)c2ccc(F)cc2)c(C)n1CC. The Morgan fingerprint density at radius 1 is 1.09 bits per heavy atom. The Kier molecular flexibility index (Phi) is 7.94. The third kappa shape index (κ3) is 5.22. The van der Waals surface area contributed by atoms with Gasteiger partial charge in [-0.15, -0.1) is 0 Å². The predicted molar refractivity (Wildman–Crippen MR) is 125 cm³/mol. The molecule has 2 aromatic heterocycles. The highest BCUT2D eigenvalue weighted by Crippen LogP contribution is 2.25. The lowest BCUT2D eigenvalue weighted by Crippen LogP contribution is -2.35. The number of hydrogen-bond acceptors (Lipinski definition) is 5. The van der Waals surface area contributed by atoms with Gasteiger partial charge in [0.2, 0.25) is 0 Å². The van der Waals surface area contributed by atoms with Crippen molar-refractivity contribution in [1.29, 1.82) is 0 Å². The molecule has 0 aliphatic heterocycles. The summed E-state index contributed by atoms with van der Waals surface area (Å²) < 4.78 is 20.3. The molecule has 178 valence electrons. The number of nitrogens with zero attached hydrogens (tertiary/aromatic N) is 3. The summed E-state index contributed by atoms with van der Waals surface area (Å²) in [6.45, 7) is 7.74. The van der Waals surface area contributed by atoms with Crippen LogP contribution in [0, 0.1) is 19.7 Å². The van der Waals surface area contributed by atoms with Crippen LogP contribution in [0.15, 0.2) is 48.8 Å². The van der Waals surface area contributed by atoms with Crippen LogP contribution < -0.4 is 0 Å². The summed E-state index contributed by atoms with van der Waals surface area (Å²) in [7, 11) is 0. The maximum absolute atomic E-state index is 13.5. The molecule has 0 aliphatic rings. The number of amides is 1. The molecule has 0 saturated carbocycles. The summed E-state index contributed by atoms with van der Waals surface area (Å²) >= 11 is 0. The molecular formula is C26H28FN3O4. The monoisotopic (exact) mass is 465 g/mol. The molecule has 7 nitrogen and oxygen atoms in total. The first-order valence-electron chi connectivity index (χ1n) is 11.1. The number of hydrogen-bond donors (Lipinski definition) is 0. The Labute approximate surface area is 198 Å². The highest BCUT2D eigenvalue weighted by atomic mass is 19.1. The van der Waals surface area contributed by atoms with Crippen molar-refractivity contribution in [2.75, 3.05) is 13.2 Å². The van der Waals surface area contributed by atoms with Crippen molar-refractivity contribution in [3.8, 4) is 0 Å². The summed E-state index contributed by atoms with van der Waals surface area (Å²) in [5.74, 6) is -1.65. The number of Topliss-reactive ketones (excluding diaryl/α,β-unsaturated/α-hetero) is 1. The van der Waals surface area contributed by atoms with Gasteiger partial charge >= 0.3 is 5.97 Å². The van der Waals surface area contributed by atoms with E-state index in [9.17, 15) is 18.8 Å². The smallest absolute Gasteiger partial charge is 0.355 e.